The molecule has 0 radical (unpaired) electrons. The Bertz CT molecular complexity index is 382. The molecule has 0 aliphatic rings. The van der Waals surface area contributed by atoms with Crippen molar-refractivity contribution in [3.63, 3.8) is 0 Å². The molecule has 0 saturated heterocycles. The van der Waals surface area contributed by atoms with E-state index in [-0.39, 0.29) is 0 Å². The molecule has 0 saturated carbocycles. The number of aliphatic carboxylic acids is 1. The van der Waals surface area contributed by atoms with Gasteiger partial charge in [0, 0.05) is 5.56 Å². The molecule has 0 heterocycles. The van der Waals surface area contributed by atoms with E-state index in [0.717, 1.165) is 0 Å². The van der Waals surface area contributed by atoms with Gasteiger partial charge in [-0.1, -0.05) is 0 Å². The fourth-order valence-electron chi connectivity index (χ4n) is 1.07. The highest BCUT2D eigenvalue weighted by Gasteiger charge is 2.12. The van der Waals surface area contributed by atoms with E-state index >= 15 is 0 Å². The predicted molar refractivity (Wildman–Crippen MR) is 55.6 cm³/mol. The third-order valence-electron chi connectivity index (χ3n) is 1.98. The number of hydrogen-bond acceptors (Lipinski definition) is 4. The maximum absolute atomic E-state index is 11.1. The number of ketones is 1. The van der Waals surface area contributed by atoms with Crippen molar-refractivity contribution in [2.75, 3.05) is 6.61 Å². The van der Waals surface area contributed by atoms with Crippen molar-refractivity contribution in [2.24, 2.45) is 0 Å². The monoisotopic (exact) mass is 224 g/mol. The van der Waals surface area contributed by atoms with Crippen LogP contribution < -0.4 is 4.74 Å². The molecule has 0 aliphatic carbocycles. The largest absolute Gasteiger partial charge is 0.479 e. The maximum Gasteiger partial charge on any atom is 0.344 e. The van der Waals surface area contributed by atoms with Gasteiger partial charge in [0.2, 0.25) is 0 Å². The first-order valence-electron chi connectivity index (χ1n) is 4.68. The number of ether oxygens (including phenoxy) is 1. The van der Waals surface area contributed by atoms with Gasteiger partial charge in [0.15, 0.2) is 11.9 Å². The van der Waals surface area contributed by atoms with Crippen LogP contribution in [0.3, 0.4) is 0 Å². The normalized spacial score (nSPS) is 11.9. The zero-order valence-electron chi connectivity index (χ0n) is 8.71. The number of rotatable bonds is 5. The van der Waals surface area contributed by atoms with Crippen molar-refractivity contribution in [1.29, 1.82) is 0 Å². The molecule has 0 fully saturated rings. The van der Waals surface area contributed by atoms with Gasteiger partial charge in [-0.3, -0.25) is 4.79 Å². The molecule has 5 heteroatoms. The molecule has 86 valence electrons. The first-order chi connectivity index (χ1) is 7.54. The smallest absolute Gasteiger partial charge is 0.344 e. The molecular formula is C11H12O5. The number of Topliss-reactive ketones (excluding diaryl/α,β-unsaturated/α-hetero) is 1. The molecule has 0 spiro atoms. The van der Waals surface area contributed by atoms with E-state index in [9.17, 15) is 9.59 Å². The van der Waals surface area contributed by atoms with Crippen molar-refractivity contribution in [3.8, 4) is 5.75 Å². The molecule has 1 aromatic carbocycles. The third-order valence-corrected chi connectivity index (χ3v) is 1.98. The minimum atomic E-state index is -1.06. The summed E-state index contributed by atoms with van der Waals surface area (Å²) in [4.78, 5) is 21.6. The van der Waals surface area contributed by atoms with Crippen LogP contribution in [0.25, 0.3) is 0 Å². The zero-order valence-corrected chi connectivity index (χ0v) is 8.71. The van der Waals surface area contributed by atoms with Crippen molar-refractivity contribution in [1.82, 2.24) is 0 Å². The van der Waals surface area contributed by atoms with Crippen LogP contribution in [0.2, 0.25) is 0 Å². The van der Waals surface area contributed by atoms with E-state index in [2.05, 4.69) is 0 Å². The maximum atomic E-state index is 11.1. The van der Waals surface area contributed by atoms with Crippen molar-refractivity contribution in [3.05, 3.63) is 29.8 Å². The van der Waals surface area contributed by atoms with Gasteiger partial charge in [0.1, 0.15) is 12.4 Å². The predicted octanol–water partition coefficient (Wildman–Crippen LogP) is 0.713. The Morgan fingerprint density at radius 2 is 1.88 bits per heavy atom. The zero-order chi connectivity index (χ0) is 12.1. The van der Waals surface area contributed by atoms with Gasteiger partial charge in [0.25, 0.3) is 0 Å². The lowest BCUT2D eigenvalue weighted by molar-refractivity contribution is -0.144. The topological polar surface area (TPSA) is 83.8 Å². The quantitative estimate of drug-likeness (QED) is 0.720. The Labute approximate surface area is 92.3 Å². The second-order valence-corrected chi connectivity index (χ2v) is 3.20. The molecule has 1 atom stereocenters. The second kappa shape index (κ2) is 5.27. The average molecular weight is 224 g/mol. The van der Waals surface area contributed by atoms with E-state index in [4.69, 9.17) is 14.9 Å². The van der Waals surface area contributed by atoms with Gasteiger partial charge in [-0.05, 0) is 31.2 Å². The minimum absolute atomic E-state index is 0.359. The fourth-order valence-corrected chi connectivity index (χ4v) is 1.07. The number of hydrogen-bond donors (Lipinski definition) is 2. The van der Waals surface area contributed by atoms with E-state index < -0.39 is 24.5 Å². The van der Waals surface area contributed by atoms with Crippen LogP contribution >= 0.6 is 0 Å². The lowest BCUT2D eigenvalue weighted by Gasteiger charge is -2.10. The van der Waals surface area contributed by atoms with Gasteiger partial charge >= 0.3 is 5.97 Å². The first kappa shape index (κ1) is 12.2. The molecule has 0 bridgehead atoms. The molecule has 0 aliphatic heterocycles. The summed E-state index contributed by atoms with van der Waals surface area (Å²) >= 11 is 0. The Morgan fingerprint density at radius 3 is 2.31 bits per heavy atom. The summed E-state index contributed by atoms with van der Waals surface area (Å²) in [5.41, 5.74) is 0.359. The average Bonchev–Trinajstić information content (AvgIpc) is 2.28. The molecule has 5 nitrogen and oxygen atoms in total. The highest BCUT2D eigenvalue weighted by Crippen LogP contribution is 2.14. The van der Waals surface area contributed by atoms with E-state index in [1.165, 1.54) is 31.2 Å². The Kier molecular flexibility index (Phi) is 4.02. The molecule has 1 unspecified atom stereocenters. The van der Waals surface area contributed by atoms with E-state index in [0.29, 0.717) is 11.3 Å². The minimum Gasteiger partial charge on any atom is -0.479 e. The molecule has 1 aromatic rings. The van der Waals surface area contributed by atoms with Crippen LogP contribution in [0.15, 0.2) is 24.3 Å². The molecule has 2 N–H and O–H groups in total. The highest BCUT2D eigenvalue weighted by atomic mass is 16.5. The first-order valence-corrected chi connectivity index (χ1v) is 4.68. The van der Waals surface area contributed by atoms with Crippen LogP contribution in [0, 0.1) is 0 Å². The van der Waals surface area contributed by atoms with Gasteiger partial charge in [-0.25, -0.2) is 4.79 Å². The van der Waals surface area contributed by atoms with Crippen LogP contribution in [-0.4, -0.2) is 34.7 Å². The molecule has 16 heavy (non-hydrogen) atoms. The lowest BCUT2D eigenvalue weighted by atomic mass is 10.1. The Balaban J connectivity index is 2.72. The fraction of sp³-hybridized carbons (Fsp3) is 0.273. The van der Waals surface area contributed by atoms with Gasteiger partial charge in [-0.15, -0.1) is 0 Å². The van der Waals surface area contributed by atoms with E-state index in [1.54, 1.807) is 0 Å². The number of aliphatic hydroxyl groups is 1. The van der Waals surface area contributed by atoms with Crippen LogP contribution in [-0.2, 0) is 4.79 Å². The summed E-state index contributed by atoms with van der Waals surface area (Å²) in [6.45, 7) is 0.862. The number of carbonyl (C=O) groups excluding carboxylic acids is 1. The van der Waals surface area contributed by atoms with Crippen LogP contribution in [0.4, 0.5) is 0 Å². The number of aliphatic hydroxyl groups excluding tert-OH is 1. The highest BCUT2D eigenvalue weighted by molar-refractivity contribution is 5.96. The number of benzene rings is 1. The van der Waals surface area contributed by atoms with Crippen molar-refractivity contribution < 1.29 is 24.5 Å². The second-order valence-electron chi connectivity index (χ2n) is 3.20. The Morgan fingerprint density at radius 1 is 1.31 bits per heavy atom. The van der Waals surface area contributed by atoms with Gasteiger partial charge < -0.3 is 14.9 Å². The molecule has 1 rings (SSSR count). The van der Waals surface area contributed by atoms with Crippen LogP contribution in [0.5, 0.6) is 5.75 Å². The summed E-state index contributed by atoms with van der Waals surface area (Å²) in [7, 11) is 0. The molecule has 0 aromatic heterocycles. The van der Waals surface area contributed by atoms with Crippen LogP contribution in [0.1, 0.15) is 17.3 Å². The lowest BCUT2D eigenvalue weighted by Crippen LogP contribution is -2.22. The van der Waals surface area contributed by atoms with Crippen molar-refractivity contribution in [2.45, 2.75) is 13.0 Å². The summed E-state index contributed by atoms with van der Waals surface area (Å²) in [6.07, 6.45) is -0.945. The summed E-state index contributed by atoms with van der Waals surface area (Å²) < 4.78 is 5.07. The summed E-state index contributed by atoms with van der Waals surface area (Å²) in [5.74, 6) is -1.09. The summed E-state index contributed by atoms with van der Waals surface area (Å²) in [6, 6.07) is 5.93. The van der Waals surface area contributed by atoms with E-state index in [1.807, 2.05) is 0 Å². The standard InChI is InChI=1S/C11H12O5/c1-7(11(14)15)16-9-4-2-8(3-5-9)10(13)6-12/h2-5,7,12H,6H2,1H3,(H,14,15). The number of carbonyl (C=O) groups is 2. The number of carboxylic acids is 1. The molecular weight excluding hydrogens is 212 g/mol. The third kappa shape index (κ3) is 3.06. The van der Waals surface area contributed by atoms with Gasteiger partial charge in [0.05, 0.1) is 0 Å². The Hall–Kier alpha value is -1.88. The number of carboxylic acid groups (broad SMARTS) is 1. The van der Waals surface area contributed by atoms with Gasteiger partial charge in [-0.2, -0.15) is 0 Å². The molecule has 0 amide bonds. The summed E-state index contributed by atoms with van der Waals surface area (Å²) in [5, 5.41) is 17.2. The van der Waals surface area contributed by atoms with Crippen molar-refractivity contribution >= 4 is 11.8 Å². The SMILES string of the molecule is CC(Oc1ccc(C(=O)CO)cc1)C(=O)O.